The standard InChI is InChI=1S/C15H18BrN5O3S/c1-9(22)10-6-17-14-13(16)8-18-15(21-14)20-11-3-2-4-12(5-11)25(23,24)19-7-10/h2-5,8-10,19,22H,6-7H2,1H3,(H2,17,18,20,21). The summed E-state index contributed by atoms with van der Waals surface area (Å²) in [4.78, 5) is 8.70. The van der Waals surface area contributed by atoms with Crippen LogP contribution in [0.4, 0.5) is 17.5 Å². The molecule has 2 atom stereocenters. The maximum Gasteiger partial charge on any atom is 0.240 e. The van der Waals surface area contributed by atoms with Crippen molar-refractivity contribution in [2.75, 3.05) is 23.7 Å². The Hall–Kier alpha value is -1.75. The van der Waals surface area contributed by atoms with Crippen LogP contribution in [-0.2, 0) is 10.0 Å². The largest absolute Gasteiger partial charge is 0.393 e. The van der Waals surface area contributed by atoms with Crippen molar-refractivity contribution in [3.8, 4) is 0 Å². The second-order valence-electron chi connectivity index (χ2n) is 5.78. The lowest BCUT2D eigenvalue weighted by atomic mass is 10.0. The van der Waals surface area contributed by atoms with Gasteiger partial charge in [-0.1, -0.05) is 6.07 Å². The molecule has 1 aromatic heterocycles. The third kappa shape index (κ3) is 4.27. The van der Waals surface area contributed by atoms with Crippen molar-refractivity contribution in [3.63, 3.8) is 0 Å². The highest BCUT2D eigenvalue weighted by Crippen LogP contribution is 2.24. The molecule has 1 aliphatic heterocycles. The van der Waals surface area contributed by atoms with Gasteiger partial charge in [-0.2, -0.15) is 4.98 Å². The summed E-state index contributed by atoms with van der Waals surface area (Å²) >= 11 is 3.38. The number of aliphatic hydroxyl groups is 1. The molecule has 4 N–H and O–H groups in total. The Morgan fingerprint density at radius 3 is 2.92 bits per heavy atom. The molecule has 2 unspecified atom stereocenters. The van der Waals surface area contributed by atoms with Gasteiger partial charge in [0, 0.05) is 30.9 Å². The van der Waals surface area contributed by atoms with E-state index >= 15 is 0 Å². The molecule has 1 aromatic carbocycles. The van der Waals surface area contributed by atoms with Crippen LogP contribution in [0.5, 0.6) is 0 Å². The van der Waals surface area contributed by atoms with E-state index in [1.807, 2.05) is 0 Å². The summed E-state index contributed by atoms with van der Waals surface area (Å²) in [6, 6.07) is 6.39. The van der Waals surface area contributed by atoms with Gasteiger partial charge >= 0.3 is 0 Å². The van der Waals surface area contributed by atoms with Crippen LogP contribution in [-0.4, -0.2) is 42.7 Å². The van der Waals surface area contributed by atoms with E-state index in [0.29, 0.717) is 28.5 Å². The normalized spacial score (nSPS) is 20.8. The van der Waals surface area contributed by atoms with E-state index in [1.54, 1.807) is 25.3 Å². The van der Waals surface area contributed by atoms with E-state index in [0.717, 1.165) is 0 Å². The van der Waals surface area contributed by atoms with Gasteiger partial charge in [0.2, 0.25) is 16.0 Å². The number of aromatic nitrogens is 2. The van der Waals surface area contributed by atoms with Gasteiger partial charge in [-0.15, -0.1) is 0 Å². The highest BCUT2D eigenvalue weighted by molar-refractivity contribution is 9.10. The van der Waals surface area contributed by atoms with Crippen molar-refractivity contribution in [2.45, 2.75) is 17.9 Å². The Labute approximate surface area is 154 Å². The predicted molar refractivity (Wildman–Crippen MR) is 98.3 cm³/mol. The minimum atomic E-state index is -3.69. The highest BCUT2D eigenvalue weighted by atomic mass is 79.9. The molecule has 1 aliphatic rings. The number of halogens is 1. The molecular weight excluding hydrogens is 410 g/mol. The molecule has 0 amide bonds. The average Bonchev–Trinajstić information content (AvgIpc) is 2.57. The number of fused-ring (bicyclic) bond motifs is 4. The van der Waals surface area contributed by atoms with Crippen molar-refractivity contribution < 1.29 is 13.5 Å². The summed E-state index contributed by atoms with van der Waals surface area (Å²) in [5.74, 6) is 0.555. The lowest BCUT2D eigenvalue weighted by molar-refractivity contribution is 0.134. The number of benzene rings is 1. The molecule has 0 saturated heterocycles. The molecule has 0 aliphatic carbocycles. The molecule has 8 nitrogen and oxygen atoms in total. The quantitative estimate of drug-likeness (QED) is 0.546. The van der Waals surface area contributed by atoms with Gasteiger partial charge in [0.25, 0.3) is 0 Å². The Morgan fingerprint density at radius 2 is 2.16 bits per heavy atom. The number of anilines is 3. The molecule has 4 bridgehead atoms. The first-order valence-electron chi connectivity index (χ1n) is 7.66. The zero-order valence-electron chi connectivity index (χ0n) is 13.4. The van der Waals surface area contributed by atoms with E-state index in [9.17, 15) is 13.5 Å². The number of hydrogen-bond acceptors (Lipinski definition) is 7. The number of nitrogens with zero attached hydrogens (tertiary/aromatic N) is 2. The molecule has 25 heavy (non-hydrogen) atoms. The molecule has 0 saturated carbocycles. The molecule has 2 heterocycles. The van der Waals surface area contributed by atoms with Gasteiger partial charge < -0.3 is 15.7 Å². The Bertz CT molecular complexity index is 875. The van der Waals surface area contributed by atoms with Crippen LogP contribution in [0.3, 0.4) is 0 Å². The van der Waals surface area contributed by atoms with Crippen molar-refractivity contribution >= 4 is 43.4 Å². The zero-order chi connectivity index (χ0) is 18.0. The average molecular weight is 428 g/mol. The first kappa shape index (κ1) is 18.1. The summed E-state index contributed by atoms with van der Waals surface area (Å²) < 4.78 is 28.2. The van der Waals surface area contributed by atoms with Crippen LogP contribution >= 0.6 is 15.9 Å². The van der Waals surface area contributed by atoms with E-state index in [-0.39, 0.29) is 17.4 Å². The fourth-order valence-electron chi connectivity index (χ4n) is 2.36. The summed E-state index contributed by atoms with van der Waals surface area (Å²) in [5, 5.41) is 16.1. The molecule has 0 fully saturated rings. The first-order chi connectivity index (χ1) is 11.8. The number of nitrogens with one attached hydrogen (secondary N) is 3. The van der Waals surface area contributed by atoms with Crippen LogP contribution in [0, 0.1) is 5.92 Å². The van der Waals surface area contributed by atoms with E-state index < -0.39 is 16.1 Å². The Kier molecular flexibility index (Phi) is 5.23. The predicted octanol–water partition coefficient (Wildman–Crippen LogP) is 1.68. The van der Waals surface area contributed by atoms with Crippen LogP contribution in [0.25, 0.3) is 0 Å². The second kappa shape index (κ2) is 7.24. The van der Waals surface area contributed by atoms with Crippen LogP contribution in [0.2, 0.25) is 0 Å². The van der Waals surface area contributed by atoms with Gasteiger partial charge in [0.05, 0.1) is 15.5 Å². The van der Waals surface area contributed by atoms with Crippen molar-refractivity contribution in [2.24, 2.45) is 5.92 Å². The molecule has 0 radical (unpaired) electrons. The third-order valence-electron chi connectivity index (χ3n) is 3.89. The molecule has 134 valence electrons. The molecule has 0 spiro atoms. The highest BCUT2D eigenvalue weighted by Gasteiger charge is 2.21. The number of hydrogen-bond donors (Lipinski definition) is 4. The lowest BCUT2D eigenvalue weighted by Crippen LogP contribution is -2.37. The van der Waals surface area contributed by atoms with E-state index in [2.05, 4.69) is 41.3 Å². The van der Waals surface area contributed by atoms with Gasteiger partial charge in [0.15, 0.2) is 0 Å². The smallest absolute Gasteiger partial charge is 0.240 e. The Balaban J connectivity index is 2.04. The maximum absolute atomic E-state index is 12.5. The fraction of sp³-hybridized carbons (Fsp3) is 0.333. The maximum atomic E-state index is 12.5. The van der Waals surface area contributed by atoms with Crippen molar-refractivity contribution in [1.82, 2.24) is 14.7 Å². The second-order valence-corrected chi connectivity index (χ2v) is 8.40. The number of sulfonamides is 1. The van der Waals surface area contributed by atoms with Gasteiger partial charge in [0.1, 0.15) is 5.82 Å². The summed E-state index contributed by atoms with van der Waals surface area (Å²) in [6.07, 6.45) is 0.901. The molecular formula is C15H18BrN5O3S. The summed E-state index contributed by atoms with van der Waals surface area (Å²) in [7, 11) is -3.69. The minimum Gasteiger partial charge on any atom is -0.393 e. The monoisotopic (exact) mass is 427 g/mol. The van der Waals surface area contributed by atoms with Crippen molar-refractivity contribution in [1.29, 1.82) is 0 Å². The van der Waals surface area contributed by atoms with Crippen molar-refractivity contribution in [3.05, 3.63) is 34.9 Å². The van der Waals surface area contributed by atoms with Crippen LogP contribution < -0.4 is 15.4 Å². The summed E-state index contributed by atoms with van der Waals surface area (Å²) in [6.45, 7) is 2.06. The first-order valence-corrected chi connectivity index (χ1v) is 9.94. The van der Waals surface area contributed by atoms with E-state index in [1.165, 1.54) is 12.1 Å². The zero-order valence-corrected chi connectivity index (χ0v) is 15.8. The SMILES string of the molecule is CC(O)C1CNc2nc(ncc2Br)Nc2cccc(c2)S(=O)(=O)NC1. The molecule has 10 heteroatoms. The third-order valence-corrected chi connectivity index (χ3v) is 5.90. The van der Waals surface area contributed by atoms with E-state index in [4.69, 9.17) is 0 Å². The van der Waals surface area contributed by atoms with Gasteiger partial charge in [-0.3, -0.25) is 0 Å². The fourth-order valence-corrected chi connectivity index (χ4v) is 3.83. The van der Waals surface area contributed by atoms with Crippen LogP contribution in [0.15, 0.2) is 39.8 Å². The van der Waals surface area contributed by atoms with Gasteiger partial charge in [-0.25, -0.2) is 18.1 Å². The summed E-state index contributed by atoms with van der Waals surface area (Å²) in [5.41, 5.74) is 0.558. The Morgan fingerprint density at radius 1 is 1.36 bits per heavy atom. The number of aliphatic hydroxyl groups excluding tert-OH is 1. The van der Waals surface area contributed by atoms with Gasteiger partial charge in [-0.05, 0) is 41.1 Å². The topological polar surface area (TPSA) is 116 Å². The molecule has 2 aromatic rings. The number of rotatable bonds is 1. The van der Waals surface area contributed by atoms with Crippen LogP contribution in [0.1, 0.15) is 6.92 Å². The molecule has 3 rings (SSSR count). The minimum absolute atomic E-state index is 0.0974. The lowest BCUT2D eigenvalue weighted by Gasteiger charge is -2.21.